The summed E-state index contributed by atoms with van der Waals surface area (Å²) in [6.45, 7) is 0. The molecule has 1 aromatic heterocycles. The number of aromatic nitrogens is 1. The number of nitrogens with zero attached hydrogens (tertiary/aromatic N) is 1. The lowest BCUT2D eigenvalue weighted by atomic mass is 10.3. The Morgan fingerprint density at radius 2 is 2.18 bits per heavy atom. The van der Waals surface area contributed by atoms with Gasteiger partial charge < -0.3 is 0 Å². The molecule has 1 rings (SSSR count). The molecule has 0 radical (unpaired) electrons. The molecule has 11 heavy (non-hydrogen) atoms. The second kappa shape index (κ2) is 3.15. The molecule has 0 N–H and O–H groups in total. The van der Waals surface area contributed by atoms with Gasteiger partial charge >= 0.3 is 0 Å². The third-order valence-electron chi connectivity index (χ3n) is 1.08. The summed E-state index contributed by atoms with van der Waals surface area (Å²) >= 11 is 10.7. The van der Waals surface area contributed by atoms with Gasteiger partial charge in [-0.1, -0.05) is 23.2 Å². The van der Waals surface area contributed by atoms with Gasteiger partial charge in [-0.2, -0.15) is 0 Å². The van der Waals surface area contributed by atoms with Crippen molar-refractivity contribution in [1.82, 2.24) is 4.98 Å². The number of rotatable bonds is 1. The highest BCUT2D eigenvalue weighted by molar-refractivity contribution is 6.34. The first-order valence-corrected chi connectivity index (χ1v) is 3.37. The lowest BCUT2D eigenvalue weighted by Gasteiger charge is -1.97. The Hall–Kier alpha value is -0.670. The Labute approximate surface area is 71.9 Å². The van der Waals surface area contributed by atoms with Gasteiger partial charge in [0.1, 0.15) is 0 Å². The van der Waals surface area contributed by atoms with E-state index in [0.29, 0.717) is 6.29 Å². The number of hydrogen-bond donors (Lipinski definition) is 0. The first kappa shape index (κ1) is 8.43. The van der Waals surface area contributed by atoms with Crippen LogP contribution in [0.25, 0.3) is 0 Å². The van der Waals surface area contributed by atoms with Crippen molar-refractivity contribution >= 4 is 29.5 Å². The van der Waals surface area contributed by atoms with Gasteiger partial charge in [-0.25, -0.2) is 9.37 Å². The molecular weight excluding hydrogens is 192 g/mol. The minimum Gasteiger partial charge on any atom is -0.298 e. The SMILES string of the molecule is O=Cc1c(Cl)cnc(Cl)c1F. The predicted molar refractivity (Wildman–Crippen MR) is 39.6 cm³/mol. The summed E-state index contributed by atoms with van der Waals surface area (Å²) in [7, 11) is 0. The average molecular weight is 194 g/mol. The van der Waals surface area contributed by atoms with Crippen molar-refractivity contribution in [3.8, 4) is 0 Å². The fraction of sp³-hybridized carbons (Fsp3) is 0. The monoisotopic (exact) mass is 193 g/mol. The topological polar surface area (TPSA) is 30.0 Å². The van der Waals surface area contributed by atoms with Crippen LogP contribution in [0.2, 0.25) is 10.2 Å². The van der Waals surface area contributed by atoms with Crippen LogP contribution in [0.1, 0.15) is 10.4 Å². The maximum absolute atomic E-state index is 12.8. The molecular formula is C6H2Cl2FNO. The summed E-state index contributed by atoms with van der Waals surface area (Å²) in [5, 5.41) is -0.390. The first-order chi connectivity index (χ1) is 5.16. The zero-order valence-corrected chi connectivity index (χ0v) is 6.66. The molecule has 0 bridgehead atoms. The summed E-state index contributed by atoms with van der Waals surface area (Å²) in [6.07, 6.45) is 1.42. The Morgan fingerprint density at radius 1 is 1.55 bits per heavy atom. The van der Waals surface area contributed by atoms with Crippen LogP contribution in [0.5, 0.6) is 0 Å². The van der Waals surface area contributed by atoms with Gasteiger partial charge in [0.05, 0.1) is 10.6 Å². The van der Waals surface area contributed by atoms with Gasteiger partial charge in [0.25, 0.3) is 0 Å². The fourth-order valence-corrected chi connectivity index (χ4v) is 0.890. The van der Waals surface area contributed by atoms with Crippen molar-refractivity contribution in [3.05, 3.63) is 27.8 Å². The second-order valence-electron chi connectivity index (χ2n) is 1.74. The molecule has 0 aliphatic rings. The van der Waals surface area contributed by atoms with Crippen LogP contribution in [0.3, 0.4) is 0 Å². The largest absolute Gasteiger partial charge is 0.298 e. The van der Waals surface area contributed by atoms with Gasteiger partial charge in [0.2, 0.25) is 0 Å². The van der Waals surface area contributed by atoms with Crippen LogP contribution in [-0.4, -0.2) is 11.3 Å². The molecule has 1 aromatic rings. The molecule has 5 heteroatoms. The van der Waals surface area contributed by atoms with Crippen LogP contribution in [-0.2, 0) is 0 Å². The van der Waals surface area contributed by atoms with E-state index >= 15 is 0 Å². The molecule has 0 amide bonds. The molecule has 0 spiro atoms. The number of hydrogen-bond acceptors (Lipinski definition) is 2. The summed E-state index contributed by atoms with van der Waals surface area (Å²) in [5.74, 6) is -0.880. The van der Waals surface area contributed by atoms with Crippen LogP contribution in [0.15, 0.2) is 6.20 Å². The third kappa shape index (κ3) is 1.49. The van der Waals surface area contributed by atoms with Crippen molar-refractivity contribution in [3.63, 3.8) is 0 Å². The van der Waals surface area contributed by atoms with Crippen molar-refractivity contribution in [2.75, 3.05) is 0 Å². The third-order valence-corrected chi connectivity index (χ3v) is 1.65. The van der Waals surface area contributed by atoms with Gasteiger partial charge in [0, 0.05) is 6.20 Å². The van der Waals surface area contributed by atoms with Crippen LogP contribution in [0.4, 0.5) is 4.39 Å². The van der Waals surface area contributed by atoms with E-state index in [2.05, 4.69) is 4.98 Å². The first-order valence-electron chi connectivity index (χ1n) is 2.61. The highest BCUT2D eigenvalue weighted by Gasteiger charge is 2.10. The molecule has 0 aliphatic heterocycles. The second-order valence-corrected chi connectivity index (χ2v) is 2.51. The number of aldehydes is 1. The summed E-state index contributed by atoms with van der Waals surface area (Å²) in [5.41, 5.74) is -0.258. The highest BCUT2D eigenvalue weighted by atomic mass is 35.5. The summed E-state index contributed by atoms with van der Waals surface area (Å²) < 4.78 is 12.8. The number of carbonyl (C=O) groups is 1. The Balaban J connectivity index is 3.40. The maximum atomic E-state index is 12.8. The predicted octanol–water partition coefficient (Wildman–Crippen LogP) is 2.34. The van der Waals surface area contributed by atoms with Gasteiger partial charge in [-0.05, 0) is 0 Å². The summed E-state index contributed by atoms with van der Waals surface area (Å²) in [4.78, 5) is 13.6. The van der Waals surface area contributed by atoms with Crippen LogP contribution in [0, 0.1) is 5.82 Å². The van der Waals surface area contributed by atoms with E-state index in [1.807, 2.05) is 0 Å². The molecule has 0 unspecified atom stereocenters. The average Bonchev–Trinajstić information content (AvgIpc) is 1.99. The minimum atomic E-state index is -0.880. The Morgan fingerprint density at radius 3 is 2.64 bits per heavy atom. The lowest BCUT2D eigenvalue weighted by molar-refractivity contribution is 0.112. The minimum absolute atomic E-state index is 0.0399. The van der Waals surface area contributed by atoms with E-state index in [-0.39, 0.29) is 15.7 Å². The molecule has 0 saturated carbocycles. The number of carbonyl (C=O) groups excluding carboxylic acids is 1. The zero-order valence-electron chi connectivity index (χ0n) is 5.14. The fourth-order valence-electron chi connectivity index (χ4n) is 0.564. The van der Waals surface area contributed by atoms with Gasteiger partial charge in [0.15, 0.2) is 17.3 Å². The molecule has 58 valence electrons. The molecule has 1 heterocycles. The van der Waals surface area contributed by atoms with Crippen molar-refractivity contribution < 1.29 is 9.18 Å². The van der Waals surface area contributed by atoms with E-state index in [4.69, 9.17) is 23.2 Å². The van der Waals surface area contributed by atoms with Crippen molar-refractivity contribution in [1.29, 1.82) is 0 Å². The molecule has 0 saturated heterocycles. The van der Waals surface area contributed by atoms with E-state index in [1.54, 1.807) is 0 Å². The molecule has 2 nitrogen and oxygen atoms in total. The van der Waals surface area contributed by atoms with E-state index in [9.17, 15) is 9.18 Å². The van der Waals surface area contributed by atoms with E-state index < -0.39 is 5.82 Å². The van der Waals surface area contributed by atoms with Crippen molar-refractivity contribution in [2.24, 2.45) is 0 Å². The van der Waals surface area contributed by atoms with Gasteiger partial charge in [-0.15, -0.1) is 0 Å². The van der Waals surface area contributed by atoms with Crippen molar-refractivity contribution in [2.45, 2.75) is 0 Å². The molecule has 0 fully saturated rings. The summed E-state index contributed by atoms with van der Waals surface area (Å²) in [6, 6.07) is 0. The Kier molecular flexibility index (Phi) is 2.42. The van der Waals surface area contributed by atoms with Crippen LogP contribution < -0.4 is 0 Å². The molecule has 0 atom stereocenters. The zero-order chi connectivity index (χ0) is 8.43. The maximum Gasteiger partial charge on any atom is 0.172 e. The highest BCUT2D eigenvalue weighted by Crippen LogP contribution is 2.20. The van der Waals surface area contributed by atoms with E-state index in [1.165, 1.54) is 0 Å². The quantitative estimate of drug-likeness (QED) is 0.507. The number of pyridine rings is 1. The van der Waals surface area contributed by atoms with Crippen LogP contribution >= 0.6 is 23.2 Å². The smallest absolute Gasteiger partial charge is 0.172 e. The van der Waals surface area contributed by atoms with Gasteiger partial charge in [-0.3, -0.25) is 4.79 Å². The normalized spacial score (nSPS) is 9.73. The van der Waals surface area contributed by atoms with E-state index in [0.717, 1.165) is 6.20 Å². The number of halogens is 3. The standard InChI is InChI=1S/C6H2Cl2FNO/c7-4-1-10-6(8)5(9)3(4)2-11/h1-2H. The lowest BCUT2D eigenvalue weighted by Crippen LogP contribution is -1.92. The molecule has 0 aliphatic carbocycles. The molecule has 0 aromatic carbocycles. The Bertz CT molecular complexity index is 303.